The lowest BCUT2D eigenvalue weighted by Crippen LogP contribution is -2.47. The molecule has 2 aromatic heterocycles. The van der Waals surface area contributed by atoms with E-state index in [1.54, 1.807) is 7.05 Å². The van der Waals surface area contributed by atoms with Crippen molar-refractivity contribution in [3.63, 3.8) is 0 Å². The van der Waals surface area contributed by atoms with Crippen molar-refractivity contribution >= 4 is 15.7 Å². The van der Waals surface area contributed by atoms with Crippen LogP contribution in [0.15, 0.2) is 17.6 Å². The van der Waals surface area contributed by atoms with E-state index in [0.29, 0.717) is 6.42 Å². The summed E-state index contributed by atoms with van der Waals surface area (Å²) in [6.45, 7) is 17.2. The minimum Gasteiger partial charge on any atom is -0.354 e. The number of rotatable bonds is 6. The van der Waals surface area contributed by atoms with Crippen molar-refractivity contribution in [1.82, 2.24) is 29.6 Å². The van der Waals surface area contributed by atoms with Crippen LogP contribution in [0.1, 0.15) is 59.5 Å². The summed E-state index contributed by atoms with van der Waals surface area (Å²) in [6.07, 6.45) is 1.98. The lowest BCUT2D eigenvalue weighted by atomic mass is 9.90. The molecule has 0 N–H and O–H groups in total. The van der Waals surface area contributed by atoms with Crippen LogP contribution < -0.4 is 4.90 Å². The molecular formula is C22H37N7O2S. The molecule has 9 nitrogen and oxygen atoms in total. The number of hydrogen-bond donors (Lipinski definition) is 0. The summed E-state index contributed by atoms with van der Waals surface area (Å²) >= 11 is 0. The van der Waals surface area contributed by atoms with Gasteiger partial charge in [0.25, 0.3) is 5.16 Å². The van der Waals surface area contributed by atoms with E-state index in [-0.39, 0.29) is 21.7 Å². The molecule has 0 bridgehead atoms. The van der Waals surface area contributed by atoms with Gasteiger partial charge in [-0.1, -0.05) is 41.5 Å². The molecule has 0 radical (unpaired) electrons. The van der Waals surface area contributed by atoms with Gasteiger partial charge in [-0.2, -0.15) is 0 Å². The van der Waals surface area contributed by atoms with E-state index in [0.717, 1.165) is 50.1 Å². The maximum atomic E-state index is 12.4. The molecule has 0 aromatic carbocycles. The third kappa shape index (κ3) is 6.04. The van der Waals surface area contributed by atoms with E-state index < -0.39 is 9.84 Å². The van der Waals surface area contributed by atoms with Crippen molar-refractivity contribution in [3.05, 3.63) is 23.9 Å². The van der Waals surface area contributed by atoms with E-state index in [1.165, 1.54) is 11.0 Å². The number of piperazine rings is 1. The van der Waals surface area contributed by atoms with Crippen LogP contribution in [-0.2, 0) is 27.7 Å². The molecule has 0 amide bonds. The number of sulfone groups is 1. The fourth-order valence-electron chi connectivity index (χ4n) is 3.55. The number of anilines is 1. The zero-order valence-corrected chi connectivity index (χ0v) is 21.3. The molecule has 0 atom stereocenters. The van der Waals surface area contributed by atoms with E-state index in [9.17, 15) is 8.42 Å². The Morgan fingerprint density at radius 1 is 0.969 bits per heavy atom. The predicted octanol–water partition coefficient (Wildman–Crippen LogP) is 2.19. The zero-order chi connectivity index (χ0) is 23.7. The SMILES string of the molecule is Cn1cnc(S(=O)(=O)CCCN2CCN(c3cc(C(C)(C)C)nc(C(C)(C)C)n3)CC2)n1. The molecular weight excluding hydrogens is 426 g/mol. The Morgan fingerprint density at radius 2 is 1.62 bits per heavy atom. The molecule has 3 rings (SSSR count). The lowest BCUT2D eigenvalue weighted by molar-refractivity contribution is 0.258. The molecule has 1 aliphatic rings. The van der Waals surface area contributed by atoms with Crippen LogP contribution in [0, 0.1) is 0 Å². The number of hydrogen-bond acceptors (Lipinski definition) is 8. The van der Waals surface area contributed by atoms with Crippen LogP contribution in [0.2, 0.25) is 0 Å². The zero-order valence-electron chi connectivity index (χ0n) is 20.5. The smallest absolute Gasteiger partial charge is 0.266 e. The van der Waals surface area contributed by atoms with Crippen LogP contribution in [-0.4, -0.2) is 76.5 Å². The molecule has 1 saturated heterocycles. The van der Waals surface area contributed by atoms with Gasteiger partial charge in [-0.05, 0) is 13.0 Å². The Bertz CT molecular complexity index is 995. The summed E-state index contributed by atoms with van der Waals surface area (Å²) < 4.78 is 26.2. The molecule has 2 aromatic rings. The van der Waals surface area contributed by atoms with E-state index in [4.69, 9.17) is 9.97 Å². The van der Waals surface area contributed by atoms with Crippen molar-refractivity contribution in [2.24, 2.45) is 7.05 Å². The van der Waals surface area contributed by atoms with Gasteiger partial charge in [0.05, 0.1) is 11.4 Å². The van der Waals surface area contributed by atoms with E-state index in [2.05, 4.69) is 67.5 Å². The van der Waals surface area contributed by atoms with Gasteiger partial charge in [0.15, 0.2) is 0 Å². The standard InChI is InChI=1S/C22H37N7O2S/c1-21(2,3)17-15-18(25-19(24-17)22(4,5)6)29-12-10-28(11-13-29)9-8-14-32(30,31)20-23-16-27(7)26-20/h15-16H,8-14H2,1-7H3. The topological polar surface area (TPSA) is 97.1 Å². The van der Waals surface area contributed by atoms with Crippen LogP contribution in [0.4, 0.5) is 5.82 Å². The molecule has 1 fully saturated rings. The quantitative estimate of drug-likeness (QED) is 0.643. The molecule has 0 saturated carbocycles. The minimum absolute atomic E-state index is 0.0481. The highest BCUT2D eigenvalue weighted by Gasteiger charge is 2.27. The second kappa shape index (κ2) is 9.05. The first-order chi connectivity index (χ1) is 14.8. The molecule has 0 unspecified atom stereocenters. The Morgan fingerprint density at radius 3 is 2.16 bits per heavy atom. The third-order valence-corrected chi connectivity index (χ3v) is 7.16. The first kappa shape index (κ1) is 24.6. The Balaban J connectivity index is 1.60. The highest BCUT2D eigenvalue weighted by atomic mass is 32.2. The Hall–Kier alpha value is -2.07. The van der Waals surface area contributed by atoms with Gasteiger partial charge in [-0.3, -0.25) is 9.58 Å². The van der Waals surface area contributed by atoms with Crippen molar-refractivity contribution in [1.29, 1.82) is 0 Å². The van der Waals surface area contributed by atoms with E-state index in [1.807, 2.05) is 0 Å². The monoisotopic (exact) mass is 463 g/mol. The van der Waals surface area contributed by atoms with Crippen molar-refractivity contribution in [2.45, 2.75) is 63.9 Å². The van der Waals surface area contributed by atoms with Gasteiger partial charge in [0.2, 0.25) is 9.84 Å². The van der Waals surface area contributed by atoms with Gasteiger partial charge in [-0.25, -0.2) is 23.4 Å². The maximum Gasteiger partial charge on any atom is 0.266 e. The summed E-state index contributed by atoms with van der Waals surface area (Å²) in [4.78, 5) is 18.3. The molecule has 3 heterocycles. The van der Waals surface area contributed by atoms with Crippen molar-refractivity contribution in [3.8, 4) is 0 Å². The highest BCUT2D eigenvalue weighted by molar-refractivity contribution is 7.91. The molecule has 1 aliphatic heterocycles. The summed E-state index contributed by atoms with van der Waals surface area (Å²) in [6, 6.07) is 2.12. The van der Waals surface area contributed by atoms with Gasteiger partial charge in [0.1, 0.15) is 18.0 Å². The first-order valence-corrected chi connectivity index (χ1v) is 12.9. The first-order valence-electron chi connectivity index (χ1n) is 11.2. The minimum atomic E-state index is -3.43. The molecule has 0 aliphatic carbocycles. The average molecular weight is 464 g/mol. The summed E-state index contributed by atoms with van der Waals surface area (Å²) in [7, 11) is -1.76. The second-order valence-corrected chi connectivity index (χ2v) is 12.6. The lowest BCUT2D eigenvalue weighted by Gasteiger charge is -2.36. The summed E-state index contributed by atoms with van der Waals surface area (Å²) in [5.41, 5.74) is 0.891. The van der Waals surface area contributed by atoms with Crippen molar-refractivity contribution < 1.29 is 8.42 Å². The third-order valence-electron chi connectivity index (χ3n) is 5.59. The second-order valence-electron chi connectivity index (χ2n) is 10.6. The van der Waals surface area contributed by atoms with Crippen LogP contribution in [0.25, 0.3) is 0 Å². The molecule has 178 valence electrons. The van der Waals surface area contributed by atoms with Crippen molar-refractivity contribution in [2.75, 3.05) is 43.4 Å². The summed E-state index contributed by atoms with van der Waals surface area (Å²) in [5, 5.41) is 3.84. The van der Waals surface area contributed by atoms with E-state index >= 15 is 0 Å². The Labute approximate surface area is 192 Å². The number of aryl methyl sites for hydroxylation is 1. The highest BCUT2D eigenvalue weighted by Crippen LogP contribution is 2.28. The predicted molar refractivity (Wildman–Crippen MR) is 126 cm³/mol. The average Bonchev–Trinajstić information content (AvgIpc) is 3.14. The molecule has 0 spiro atoms. The van der Waals surface area contributed by atoms with Gasteiger partial charge < -0.3 is 4.90 Å². The molecule has 10 heteroatoms. The molecule has 32 heavy (non-hydrogen) atoms. The van der Waals surface area contributed by atoms with Gasteiger partial charge in [-0.15, -0.1) is 5.10 Å². The van der Waals surface area contributed by atoms with Gasteiger partial charge >= 0.3 is 0 Å². The Kier molecular flexibility index (Phi) is 6.95. The largest absolute Gasteiger partial charge is 0.354 e. The normalized spacial score (nSPS) is 16.5. The fraction of sp³-hybridized carbons (Fsp3) is 0.727. The maximum absolute atomic E-state index is 12.4. The number of aromatic nitrogens is 5. The fourth-order valence-corrected chi connectivity index (χ4v) is 4.70. The van der Waals surface area contributed by atoms with Crippen LogP contribution in [0.5, 0.6) is 0 Å². The van der Waals surface area contributed by atoms with Crippen LogP contribution >= 0.6 is 0 Å². The van der Waals surface area contributed by atoms with Gasteiger partial charge in [0, 0.05) is 50.1 Å². The summed E-state index contributed by atoms with van der Waals surface area (Å²) in [5.74, 6) is 1.92. The van der Waals surface area contributed by atoms with Crippen LogP contribution in [0.3, 0.4) is 0 Å². The number of nitrogens with zero attached hydrogens (tertiary/aromatic N) is 7.